The largest absolute Gasteiger partial charge is 0.417 e. The summed E-state index contributed by atoms with van der Waals surface area (Å²) in [6.45, 7) is 0. The van der Waals surface area contributed by atoms with Crippen LogP contribution in [0.4, 0.5) is 27.8 Å². The maximum Gasteiger partial charge on any atom is 0.417 e. The van der Waals surface area contributed by atoms with E-state index in [9.17, 15) is 26.7 Å². The first-order chi connectivity index (χ1) is 10.2. The van der Waals surface area contributed by atoms with Gasteiger partial charge in [0.15, 0.2) is 5.82 Å². The second kappa shape index (κ2) is 5.88. The van der Waals surface area contributed by atoms with E-state index in [4.69, 9.17) is 11.6 Å². The number of rotatable bonds is 2. The van der Waals surface area contributed by atoms with Crippen molar-refractivity contribution in [1.82, 2.24) is 4.98 Å². The quantitative estimate of drug-likeness (QED) is 0.832. The van der Waals surface area contributed by atoms with E-state index in [-0.39, 0.29) is 11.4 Å². The Morgan fingerprint density at radius 3 is 2.18 bits per heavy atom. The number of anilines is 1. The molecule has 1 amide bonds. The molecule has 2 aromatic rings. The molecule has 0 aliphatic carbocycles. The van der Waals surface area contributed by atoms with Gasteiger partial charge in [0.05, 0.1) is 10.6 Å². The van der Waals surface area contributed by atoms with Gasteiger partial charge in [-0.15, -0.1) is 0 Å². The smallest absolute Gasteiger partial charge is 0.305 e. The van der Waals surface area contributed by atoms with Crippen LogP contribution in [0.2, 0.25) is 5.02 Å². The number of nitrogens with zero attached hydrogens (tertiary/aromatic N) is 1. The Morgan fingerprint density at radius 2 is 1.68 bits per heavy atom. The second-order valence-electron chi connectivity index (χ2n) is 4.16. The Hall–Kier alpha value is -2.22. The zero-order valence-corrected chi connectivity index (χ0v) is 11.3. The van der Waals surface area contributed by atoms with Gasteiger partial charge in [0.2, 0.25) is 0 Å². The number of carbonyl (C=O) groups excluding carboxylic acids is 1. The molecule has 0 saturated carbocycles. The zero-order chi connectivity index (χ0) is 16.5. The summed E-state index contributed by atoms with van der Waals surface area (Å²) in [5.74, 6) is -3.27. The highest BCUT2D eigenvalue weighted by Gasteiger charge is 2.31. The van der Waals surface area contributed by atoms with Crippen molar-refractivity contribution in [2.75, 3.05) is 5.32 Å². The zero-order valence-electron chi connectivity index (χ0n) is 10.5. The molecule has 22 heavy (non-hydrogen) atoms. The summed E-state index contributed by atoms with van der Waals surface area (Å²) in [7, 11) is 0. The number of amides is 1. The summed E-state index contributed by atoms with van der Waals surface area (Å²) >= 11 is 5.60. The molecule has 9 heteroatoms. The molecule has 0 aliphatic rings. The number of pyridine rings is 1. The van der Waals surface area contributed by atoms with Gasteiger partial charge >= 0.3 is 6.18 Å². The fourth-order valence-electron chi connectivity index (χ4n) is 1.55. The molecule has 1 aromatic heterocycles. The fraction of sp³-hybridized carbons (Fsp3) is 0.0769. The summed E-state index contributed by atoms with van der Waals surface area (Å²) in [5.41, 5.74) is -1.46. The molecule has 0 radical (unpaired) electrons. The molecule has 1 aromatic carbocycles. The van der Waals surface area contributed by atoms with Gasteiger partial charge < -0.3 is 5.32 Å². The van der Waals surface area contributed by atoms with Crippen LogP contribution in [-0.4, -0.2) is 10.9 Å². The van der Waals surface area contributed by atoms with Crippen LogP contribution in [0.25, 0.3) is 0 Å². The van der Waals surface area contributed by atoms with Gasteiger partial charge in [-0.1, -0.05) is 11.6 Å². The van der Waals surface area contributed by atoms with Gasteiger partial charge in [-0.25, -0.2) is 13.8 Å². The lowest BCUT2D eigenvalue weighted by atomic mass is 10.2. The van der Waals surface area contributed by atoms with Crippen molar-refractivity contribution in [3.63, 3.8) is 0 Å². The van der Waals surface area contributed by atoms with E-state index in [1.165, 1.54) is 0 Å². The fourth-order valence-corrected chi connectivity index (χ4v) is 1.76. The van der Waals surface area contributed by atoms with E-state index in [0.29, 0.717) is 18.3 Å². The predicted molar refractivity (Wildman–Crippen MR) is 68.6 cm³/mol. The number of halogens is 6. The molecule has 1 heterocycles. The molecule has 0 unspecified atom stereocenters. The maximum absolute atomic E-state index is 13.0. The SMILES string of the molecule is O=C(Nc1ncc(C(F)(F)F)cc1Cl)c1cc(F)cc(F)c1. The minimum Gasteiger partial charge on any atom is -0.305 e. The summed E-state index contributed by atoms with van der Waals surface area (Å²) < 4.78 is 63.3. The number of aromatic nitrogens is 1. The average Bonchev–Trinajstić information content (AvgIpc) is 2.38. The molecule has 0 bridgehead atoms. The second-order valence-corrected chi connectivity index (χ2v) is 4.57. The molecule has 1 N–H and O–H groups in total. The maximum atomic E-state index is 13.0. The van der Waals surface area contributed by atoms with Crippen LogP contribution < -0.4 is 5.32 Å². The summed E-state index contributed by atoms with van der Waals surface area (Å²) in [5, 5.41) is 1.62. The molecule has 0 spiro atoms. The van der Waals surface area contributed by atoms with E-state index in [1.54, 1.807) is 0 Å². The number of benzene rings is 1. The van der Waals surface area contributed by atoms with Crippen molar-refractivity contribution in [2.24, 2.45) is 0 Å². The van der Waals surface area contributed by atoms with Crippen LogP contribution in [0.1, 0.15) is 15.9 Å². The molecular weight excluding hydrogens is 331 g/mol. The third kappa shape index (κ3) is 3.70. The Balaban J connectivity index is 2.25. The van der Waals surface area contributed by atoms with Crippen molar-refractivity contribution in [1.29, 1.82) is 0 Å². The molecule has 2 rings (SSSR count). The van der Waals surface area contributed by atoms with E-state index in [1.807, 2.05) is 0 Å². The van der Waals surface area contributed by atoms with Crippen LogP contribution in [0.3, 0.4) is 0 Å². The van der Waals surface area contributed by atoms with Crippen molar-refractivity contribution < 1.29 is 26.7 Å². The summed E-state index contributed by atoms with van der Waals surface area (Å²) in [6, 6.07) is 2.67. The highest BCUT2D eigenvalue weighted by Crippen LogP contribution is 2.32. The minimum absolute atomic E-state index is 0.357. The van der Waals surface area contributed by atoms with Crippen LogP contribution in [0.5, 0.6) is 0 Å². The van der Waals surface area contributed by atoms with E-state index < -0.39 is 34.3 Å². The van der Waals surface area contributed by atoms with Crippen LogP contribution in [0, 0.1) is 11.6 Å². The monoisotopic (exact) mass is 336 g/mol. The van der Waals surface area contributed by atoms with Gasteiger partial charge in [-0.05, 0) is 18.2 Å². The molecule has 116 valence electrons. The van der Waals surface area contributed by atoms with Crippen molar-refractivity contribution in [2.45, 2.75) is 6.18 Å². The van der Waals surface area contributed by atoms with Gasteiger partial charge in [0.25, 0.3) is 5.91 Å². The number of carbonyl (C=O) groups is 1. The molecular formula is C13H6ClF5N2O. The Bertz CT molecular complexity index is 713. The number of hydrogen-bond acceptors (Lipinski definition) is 2. The van der Waals surface area contributed by atoms with E-state index >= 15 is 0 Å². The highest BCUT2D eigenvalue weighted by molar-refractivity contribution is 6.33. The van der Waals surface area contributed by atoms with Crippen molar-refractivity contribution in [3.8, 4) is 0 Å². The summed E-state index contributed by atoms with van der Waals surface area (Å²) in [6.07, 6.45) is -4.15. The topological polar surface area (TPSA) is 42.0 Å². The van der Waals surface area contributed by atoms with Gasteiger partial charge in [-0.2, -0.15) is 13.2 Å². The first-order valence-electron chi connectivity index (χ1n) is 5.67. The lowest BCUT2D eigenvalue weighted by molar-refractivity contribution is -0.137. The van der Waals surface area contributed by atoms with E-state index in [2.05, 4.69) is 10.3 Å². The molecule has 3 nitrogen and oxygen atoms in total. The van der Waals surface area contributed by atoms with Gasteiger partial charge in [0, 0.05) is 17.8 Å². The Morgan fingerprint density at radius 1 is 1.09 bits per heavy atom. The highest BCUT2D eigenvalue weighted by atomic mass is 35.5. The predicted octanol–water partition coefficient (Wildman–Crippen LogP) is 4.28. The van der Waals surface area contributed by atoms with Gasteiger partial charge in [-0.3, -0.25) is 4.79 Å². The van der Waals surface area contributed by atoms with Gasteiger partial charge in [0.1, 0.15) is 11.6 Å². The number of hydrogen-bond donors (Lipinski definition) is 1. The molecule has 0 atom stereocenters. The minimum atomic E-state index is -4.63. The first kappa shape index (κ1) is 16.2. The Labute approximate surface area is 125 Å². The molecule has 0 fully saturated rings. The van der Waals surface area contributed by atoms with Crippen LogP contribution in [0.15, 0.2) is 30.5 Å². The van der Waals surface area contributed by atoms with Crippen LogP contribution in [-0.2, 0) is 6.18 Å². The Kier molecular flexibility index (Phi) is 4.32. The normalized spacial score (nSPS) is 11.4. The van der Waals surface area contributed by atoms with Crippen LogP contribution >= 0.6 is 11.6 Å². The van der Waals surface area contributed by atoms with Crippen molar-refractivity contribution >= 4 is 23.3 Å². The lowest BCUT2D eigenvalue weighted by Gasteiger charge is -2.10. The number of alkyl halides is 3. The standard InChI is InChI=1S/C13H6ClF5N2O/c14-10-3-7(13(17,18)19)5-20-11(10)21-12(22)6-1-8(15)4-9(16)2-6/h1-5H,(H,20,21,22). The third-order valence-electron chi connectivity index (χ3n) is 2.53. The molecule has 0 saturated heterocycles. The number of nitrogens with one attached hydrogen (secondary N) is 1. The summed E-state index contributed by atoms with van der Waals surface area (Å²) in [4.78, 5) is 15.2. The average molecular weight is 337 g/mol. The van der Waals surface area contributed by atoms with E-state index in [0.717, 1.165) is 12.1 Å². The lowest BCUT2D eigenvalue weighted by Crippen LogP contribution is -2.15. The van der Waals surface area contributed by atoms with Crippen molar-refractivity contribution in [3.05, 3.63) is 58.2 Å². The third-order valence-corrected chi connectivity index (χ3v) is 2.81. The first-order valence-corrected chi connectivity index (χ1v) is 6.05. The molecule has 0 aliphatic heterocycles.